The fourth-order valence-electron chi connectivity index (χ4n) is 2.20. The Labute approximate surface area is 125 Å². The summed E-state index contributed by atoms with van der Waals surface area (Å²) in [4.78, 5) is 23.4. The lowest BCUT2D eigenvalue weighted by Crippen LogP contribution is -2.47. The number of aliphatic carboxylic acids is 1. The minimum Gasteiger partial charge on any atom is -0.480 e. The van der Waals surface area contributed by atoms with E-state index in [1.165, 1.54) is 7.11 Å². The molecule has 1 unspecified atom stereocenters. The van der Waals surface area contributed by atoms with Crippen LogP contribution in [0.1, 0.15) is 18.4 Å². The van der Waals surface area contributed by atoms with E-state index in [9.17, 15) is 9.59 Å². The summed E-state index contributed by atoms with van der Waals surface area (Å²) in [6, 6.07) is 6.54. The van der Waals surface area contributed by atoms with Crippen LogP contribution in [0.5, 0.6) is 0 Å². The first-order chi connectivity index (χ1) is 9.49. The Morgan fingerprint density at radius 3 is 2.70 bits per heavy atom. The number of carbonyl (C=O) groups excluding carboxylic acids is 1. The first-order valence-corrected chi connectivity index (χ1v) is 7.07. The lowest BCUT2D eigenvalue weighted by Gasteiger charge is -2.20. The van der Waals surface area contributed by atoms with E-state index < -0.39 is 17.4 Å². The molecule has 0 spiro atoms. The van der Waals surface area contributed by atoms with Crippen molar-refractivity contribution in [3.63, 3.8) is 0 Å². The number of methoxy groups -OCH3 is 1. The number of hydrogen-bond donors (Lipinski definition) is 2. The third-order valence-corrected chi connectivity index (χ3v) is 3.99. The van der Waals surface area contributed by atoms with Gasteiger partial charge >= 0.3 is 5.97 Å². The molecule has 6 heteroatoms. The van der Waals surface area contributed by atoms with Gasteiger partial charge in [-0.2, -0.15) is 0 Å². The molecule has 0 heterocycles. The van der Waals surface area contributed by atoms with Gasteiger partial charge in [0.1, 0.15) is 0 Å². The van der Waals surface area contributed by atoms with Crippen LogP contribution in [0.4, 0.5) is 0 Å². The van der Waals surface area contributed by atoms with Gasteiger partial charge in [-0.25, -0.2) is 4.79 Å². The van der Waals surface area contributed by atoms with Crippen LogP contribution in [0.3, 0.4) is 0 Å². The van der Waals surface area contributed by atoms with Gasteiger partial charge in [-0.15, -0.1) is 0 Å². The van der Waals surface area contributed by atoms with Gasteiger partial charge in [-0.3, -0.25) is 4.79 Å². The first kappa shape index (κ1) is 15.0. The molecule has 1 aromatic rings. The standard InChI is InChI=1S/C14H16BrNO4/c1-20-8-11(12(17)18)16-13(19)14(5-6-14)9-3-2-4-10(15)7-9/h2-4,7,11H,5-6,8H2,1H3,(H,16,19)(H,17,18). The zero-order valence-electron chi connectivity index (χ0n) is 11.1. The Kier molecular flexibility index (Phi) is 4.45. The van der Waals surface area contributed by atoms with Crippen molar-refractivity contribution >= 4 is 27.8 Å². The fourth-order valence-corrected chi connectivity index (χ4v) is 2.59. The summed E-state index contributed by atoms with van der Waals surface area (Å²) in [5, 5.41) is 11.6. The Hall–Kier alpha value is -1.40. The second-order valence-corrected chi connectivity index (χ2v) is 5.83. The van der Waals surface area contributed by atoms with Crippen LogP contribution >= 0.6 is 15.9 Å². The largest absolute Gasteiger partial charge is 0.480 e. The van der Waals surface area contributed by atoms with E-state index in [-0.39, 0.29) is 12.5 Å². The average molecular weight is 342 g/mol. The van der Waals surface area contributed by atoms with Crippen molar-refractivity contribution in [1.29, 1.82) is 0 Å². The maximum Gasteiger partial charge on any atom is 0.328 e. The highest BCUT2D eigenvalue weighted by Gasteiger charge is 2.52. The summed E-state index contributed by atoms with van der Waals surface area (Å²) < 4.78 is 5.72. The molecule has 1 saturated carbocycles. The first-order valence-electron chi connectivity index (χ1n) is 6.28. The highest BCUT2D eigenvalue weighted by molar-refractivity contribution is 9.10. The smallest absolute Gasteiger partial charge is 0.328 e. The number of benzene rings is 1. The topological polar surface area (TPSA) is 75.6 Å². The quantitative estimate of drug-likeness (QED) is 0.825. The molecule has 108 valence electrons. The molecule has 5 nitrogen and oxygen atoms in total. The molecule has 0 aromatic heterocycles. The van der Waals surface area contributed by atoms with Crippen molar-refractivity contribution in [1.82, 2.24) is 5.32 Å². The van der Waals surface area contributed by atoms with Gasteiger partial charge in [-0.05, 0) is 30.5 Å². The third kappa shape index (κ3) is 3.02. The number of hydrogen-bond acceptors (Lipinski definition) is 3. The predicted octanol–water partition coefficient (Wildman–Crippen LogP) is 1.70. The molecule has 0 aliphatic heterocycles. The molecular weight excluding hydrogens is 326 g/mol. The van der Waals surface area contributed by atoms with Crippen LogP contribution in [0.2, 0.25) is 0 Å². The molecule has 1 amide bonds. The maximum absolute atomic E-state index is 12.4. The molecule has 0 radical (unpaired) electrons. The van der Waals surface area contributed by atoms with Gasteiger partial charge in [0.05, 0.1) is 12.0 Å². The minimum absolute atomic E-state index is 0.0460. The molecule has 2 N–H and O–H groups in total. The zero-order chi connectivity index (χ0) is 14.8. The maximum atomic E-state index is 12.4. The zero-order valence-corrected chi connectivity index (χ0v) is 12.6. The van der Waals surface area contributed by atoms with Crippen LogP contribution in [0.15, 0.2) is 28.7 Å². The van der Waals surface area contributed by atoms with E-state index in [4.69, 9.17) is 9.84 Å². The van der Waals surface area contributed by atoms with Crippen molar-refractivity contribution < 1.29 is 19.4 Å². The van der Waals surface area contributed by atoms with Crippen molar-refractivity contribution in [3.8, 4) is 0 Å². The predicted molar refractivity (Wildman–Crippen MR) is 76.5 cm³/mol. The van der Waals surface area contributed by atoms with Crippen LogP contribution in [0.25, 0.3) is 0 Å². The summed E-state index contributed by atoms with van der Waals surface area (Å²) in [5.41, 5.74) is 0.316. The number of carboxylic acid groups (broad SMARTS) is 1. The van der Waals surface area contributed by atoms with E-state index in [0.29, 0.717) is 0 Å². The molecular formula is C14H16BrNO4. The number of carboxylic acids is 1. The summed E-state index contributed by atoms with van der Waals surface area (Å²) >= 11 is 3.38. The lowest BCUT2D eigenvalue weighted by atomic mass is 9.94. The summed E-state index contributed by atoms with van der Waals surface area (Å²) in [5.74, 6) is -1.34. The Morgan fingerprint density at radius 2 is 2.20 bits per heavy atom. The van der Waals surface area contributed by atoms with Crippen LogP contribution in [-0.4, -0.2) is 36.7 Å². The van der Waals surface area contributed by atoms with Crippen LogP contribution < -0.4 is 5.32 Å². The summed E-state index contributed by atoms with van der Waals surface area (Å²) in [6.07, 6.45) is 1.46. The van der Waals surface area contributed by atoms with E-state index in [0.717, 1.165) is 22.9 Å². The van der Waals surface area contributed by atoms with Gasteiger partial charge in [0.25, 0.3) is 0 Å². The molecule has 20 heavy (non-hydrogen) atoms. The molecule has 1 aromatic carbocycles. The molecule has 1 atom stereocenters. The summed E-state index contributed by atoms with van der Waals surface area (Å²) in [7, 11) is 1.41. The van der Waals surface area contributed by atoms with Crippen molar-refractivity contribution in [2.24, 2.45) is 0 Å². The van der Waals surface area contributed by atoms with Gasteiger partial charge in [0.2, 0.25) is 5.91 Å². The SMILES string of the molecule is COCC(NC(=O)C1(c2cccc(Br)c2)CC1)C(=O)O. The molecule has 0 saturated heterocycles. The highest BCUT2D eigenvalue weighted by Crippen LogP contribution is 2.48. The molecule has 2 rings (SSSR count). The third-order valence-electron chi connectivity index (χ3n) is 3.50. The normalized spacial score (nSPS) is 17.3. The van der Waals surface area contributed by atoms with Crippen molar-refractivity contribution in [3.05, 3.63) is 34.3 Å². The number of rotatable bonds is 6. The number of amides is 1. The second-order valence-electron chi connectivity index (χ2n) is 4.91. The van der Waals surface area contributed by atoms with E-state index >= 15 is 0 Å². The van der Waals surface area contributed by atoms with Crippen molar-refractivity contribution in [2.45, 2.75) is 24.3 Å². The van der Waals surface area contributed by atoms with Crippen LogP contribution in [0, 0.1) is 0 Å². The second kappa shape index (κ2) is 5.93. The Balaban J connectivity index is 2.14. The number of halogens is 1. The van der Waals surface area contributed by atoms with Gasteiger partial charge in [0.15, 0.2) is 6.04 Å². The number of carbonyl (C=O) groups is 2. The van der Waals surface area contributed by atoms with Gasteiger partial charge < -0.3 is 15.2 Å². The Bertz CT molecular complexity index is 528. The number of ether oxygens (including phenoxy) is 1. The van der Waals surface area contributed by atoms with Gasteiger partial charge in [-0.1, -0.05) is 28.1 Å². The minimum atomic E-state index is -1.09. The van der Waals surface area contributed by atoms with E-state index in [1.54, 1.807) is 0 Å². The fraction of sp³-hybridized carbons (Fsp3) is 0.429. The molecule has 1 aliphatic carbocycles. The van der Waals surface area contributed by atoms with Crippen molar-refractivity contribution in [2.75, 3.05) is 13.7 Å². The summed E-state index contributed by atoms with van der Waals surface area (Å²) in [6.45, 7) is -0.0460. The lowest BCUT2D eigenvalue weighted by molar-refractivity contribution is -0.143. The Morgan fingerprint density at radius 1 is 1.50 bits per heavy atom. The highest BCUT2D eigenvalue weighted by atomic mass is 79.9. The average Bonchev–Trinajstić information content (AvgIpc) is 3.19. The van der Waals surface area contributed by atoms with Crippen LogP contribution in [-0.2, 0) is 19.7 Å². The molecule has 1 aliphatic rings. The molecule has 0 bridgehead atoms. The monoisotopic (exact) mass is 341 g/mol. The molecule has 1 fully saturated rings. The number of nitrogens with one attached hydrogen (secondary N) is 1. The van der Waals surface area contributed by atoms with E-state index in [2.05, 4.69) is 21.2 Å². The van der Waals surface area contributed by atoms with Gasteiger partial charge in [0, 0.05) is 11.6 Å². The van der Waals surface area contributed by atoms with E-state index in [1.807, 2.05) is 24.3 Å².